The fraction of sp³-hybridized carbons (Fsp3) is 0.593. The molecule has 2 saturated carbocycles. The zero-order valence-corrected chi connectivity index (χ0v) is 20.7. The molecule has 0 aliphatic heterocycles. The quantitative estimate of drug-likeness (QED) is 0.449. The SMILES string of the molecule is CCOc1ncc(Nc2cc(C3(C(=O)O)CCC3)ccc2N(CC(C)C)C2CCCCC2)cn1. The van der Waals surface area contributed by atoms with Gasteiger partial charge in [-0.1, -0.05) is 45.6 Å². The number of anilines is 3. The van der Waals surface area contributed by atoms with Crippen LogP contribution in [0.1, 0.15) is 77.7 Å². The Morgan fingerprint density at radius 3 is 2.44 bits per heavy atom. The lowest BCUT2D eigenvalue weighted by Gasteiger charge is -2.41. The topological polar surface area (TPSA) is 87.6 Å². The van der Waals surface area contributed by atoms with Crippen LogP contribution in [0, 0.1) is 5.92 Å². The van der Waals surface area contributed by atoms with Gasteiger partial charge in [0.2, 0.25) is 0 Å². The van der Waals surface area contributed by atoms with Gasteiger partial charge in [-0.15, -0.1) is 0 Å². The Hall–Kier alpha value is -2.83. The molecule has 2 N–H and O–H groups in total. The number of carboxylic acids is 1. The van der Waals surface area contributed by atoms with Crippen molar-refractivity contribution in [1.82, 2.24) is 9.97 Å². The molecule has 2 aliphatic carbocycles. The molecule has 2 aliphatic rings. The molecule has 1 aromatic heterocycles. The molecule has 2 aromatic rings. The molecule has 0 radical (unpaired) electrons. The average molecular weight is 467 g/mol. The smallest absolute Gasteiger partial charge is 0.316 e. The van der Waals surface area contributed by atoms with Gasteiger partial charge in [0.05, 0.1) is 41.5 Å². The standard InChI is InChI=1S/C27H38N4O3/c1-4-34-26-28-16-21(17-29-26)30-23-15-20(27(25(32)33)13-8-14-27)11-12-24(23)31(18-19(2)3)22-9-6-5-7-10-22/h11-12,15-17,19,22,30H,4-10,13-14,18H2,1-3H3,(H,32,33). The van der Waals surface area contributed by atoms with Crippen molar-refractivity contribution in [3.63, 3.8) is 0 Å². The van der Waals surface area contributed by atoms with Crippen molar-refractivity contribution in [3.8, 4) is 6.01 Å². The zero-order valence-electron chi connectivity index (χ0n) is 20.7. The summed E-state index contributed by atoms with van der Waals surface area (Å²) in [5.41, 5.74) is 2.89. The van der Waals surface area contributed by atoms with E-state index in [1.54, 1.807) is 12.4 Å². The van der Waals surface area contributed by atoms with Gasteiger partial charge in [0.1, 0.15) is 0 Å². The Morgan fingerprint density at radius 2 is 1.88 bits per heavy atom. The summed E-state index contributed by atoms with van der Waals surface area (Å²) < 4.78 is 5.38. The lowest BCUT2D eigenvalue weighted by molar-refractivity contribution is -0.147. The fourth-order valence-electron chi connectivity index (χ4n) is 5.31. The van der Waals surface area contributed by atoms with Crippen LogP contribution in [0.2, 0.25) is 0 Å². The molecular formula is C27H38N4O3. The van der Waals surface area contributed by atoms with Crippen molar-refractivity contribution >= 4 is 23.0 Å². The number of aliphatic carboxylic acids is 1. The maximum absolute atomic E-state index is 12.2. The monoisotopic (exact) mass is 466 g/mol. The van der Waals surface area contributed by atoms with Crippen LogP contribution >= 0.6 is 0 Å². The summed E-state index contributed by atoms with van der Waals surface area (Å²) in [6.07, 6.45) is 12.0. The second-order valence-corrected chi connectivity index (χ2v) is 10.1. The Labute approximate surface area is 202 Å². The zero-order chi connectivity index (χ0) is 24.1. The predicted octanol–water partition coefficient (Wildman–Crippen LogP) is 5.92. The maximum atomic E-state index is 12.2. The minimum absolute atomic E-state index is 0.352. The van der Waals surface area contributed by atoms with Gasteiger partial charge in [0.15, 0.2) is 0 Å². The largest absolute Gasteiger partial charge is 0.481 e. The number of carbonyl (C=O) groups is 1. The highest BCUT2D eigenvalue weighted by molar-refractivity contribution is 5.85. The number of ether oxygens (including phenoxy) is 1. The average Bonchev–Trinajstić information content (AvgIpc) is 2.79. The van der Waals surface area contributed by atoms with Crippen molar-refractivity contribution in [2.24, 2.45) is 5.92 Å². The summed E-state index contributed by atoms with van der Waals surface area (Å²) >= 11 is 0. The molecule has 0 bridgehead atoms. The first kappa shape index (κ1) is 24.3. The first-order valence-corrected chi connectivity index (χ1v) is 12.8. The highest BCUT2D eigenvalue weighted by atomic mass is 16.5. The van der Waals surface area contributed by atoms with Gasteiger partial charge in [-0.3, -0.25) is 4.79 Å². The van der Waals surface area contributed by atoms with Gasteiger partial charge < -0.3 is 20.1 Å². The third-order valence-electron chi connectivity index (χ3n) is 7.23. The van der Waals surface area contributed by atoms with Gasteiger partial charge in [-0.25, -0.2) is 9.97 Å². The molecule has 0 amide bonds. The number of carboxylic acid groups (broad SMARTS) is 1. The molecule has 0 spiro atoms. The number of rotatable bonds is 10. The Kier molecular flexibility index (Phi) is 7.59. The summed E-state index contributed by atoms with van der Waals surface area (Å²) in [6.45, 7) is 7.89. The molecule has 2 fully saturated rings. The van der Waals surface area contributed by atoms with Gasteiger partial charge >= 0.3 is 12.0 Å². The predicted molar refractivity (Wildman–Crippen MR) is 135 cm³/mol. The van der Waals surface area contributed by atoms with Gasteiger partial charge in [0, 0.05) is 12.6 Å². The Bertz CT molecular complexity index is 966. The second-order valence-electron chi connectivity index (χ2n) is 10.1. The minimum atomic E-state index is -0.780. The van der Waals surface area contributed by atoms with Crippen LogP contribution in [0.5, 0.6) is 6.01 Å². The van der Waals surface area contributed by atoms with Crippen molar-refractivity contribution in [3.05, 3.63) is 36.2 Å². The van der Waals surface area contributed by atoms with Crippen molar-refractivity contribution in [2.75, 3.05) is 23.4 Å². The van der Waals surface area contributed by atoms with Crippen molar-refractivity contribution in [1.29, 1.82) is 0 Å². The molecule has 0 atom stereocenters. The number of nitrogens with zero attached hydrogens (tertiary/aromatic N) is 3. The summed E-state index contributed by atoms with van der Waals surface area (Å²) in [4.78, 5) is 23.4. The van der Waals surface area contributed by atoms with E-state index in [4.69, 9.17) is 4.74 Å². The van der Waals surface area contributed by atoms with E-state index in [0.717, 1.165) is 35.6 Å². The molecule has 34 heavy (non-hydrogen) atoms. The van der Waals surface area contributed by atoms with Crippen molar-refractivity contribution in [2.45, 2.75) is 83.6 Å². The number of nitrogens with one attached hydrogen (secondary N) is 1. The van der Waals surface area contributed by atoms with E-state index in [1.807, 2.05) is 13.0 Å². The fourth-order valence-corrected chi connectivity index (χ4v) is 5.31. The number of hydrogen-bond donors (Lipinski definition) is 2. The molecule has 1 heterocycles. The minimum Gasteiger partial charge on any atom is -0.481 e. The third kappa shape index (κ3) is 5.13. The highest BCUT2D eigenvalue weighted by Crippen LogP contribution is 2.46. The van der Waals surface area contributed by atoms with Crippen molar-refractivity contribution < 1.29 is 14.6 Å². The van der Waals surface area contributed by atoms with E-state index in [9.17, 15) is 9.90 Å². The Morgan fingerprint density at radius 1 is 1.18 bits per heavy atom. The number of benzene rings is 1. The van der Waals surface area contributed by atoms with Crippen LogP contribution in [-0.2, 0) is 10.2 Å². The van der Waals surface area contributed by atoms with Gasteiger partial charge in [0.25, 0.3) is 0 Å². The van der Waals surface area contributed by atoms with E-state index in [1.165, 1.54) is 32.1 Å². The lowest BCUT2D eigenvalue weighted by Crippen LogP contribution is -2.42. The lowest BCUT2D eigenvalue weighted by atomic mass is 9.64. The maximum Gasteiger partial charge on any atom is 0.316 e. The number of hydrogen-bond acceptors (Lipinski definition) is 6. The van der Waals surface area contributed by atoms with Crippen LogP contribution in [0.4, 0.5) is 17.1 Å². The van der Waals surface area contributed by atoms with Crippen LogP contribution in [0.3, 0.4) is 0 Å². The van der Waals surface area contributed by atoms with E-state index in [2.05, 4.69) is 46.2 Å². The molecule has 0 saturated heterocycles. The van der Waals surface area contributed by atoms with E-state index >= 15 is 0 Å². The van der Waals surface area contributed by atoms with Gasteiger partial charge in [-0.05, 0) is 56.2 Å². The summed E-state index contributed by atoms with van der Waals surface area (Å²) in [6, 6.07) is 7.07. The van der Waals surface area contributed by atoms with E-state index in [0.29, 0.717) is 37.4 Å². The van der Waals surface area contributed by atoms with Crippen LogP contribution in [0.25, 0.3) is 0 Å². The molecule has 4 rings (SSSR count). The van der Waals surface area contributed by atoms with E-state index in [-0.39, 0.29) is 0 Å². The normalized spacial score (nSPS) is 17.8. The highest BCUT2D eigenvalue weighted by Gasteiger charge is 2.46. The van der Waals surface area contributed by atoms with Crippen LogP contribution < -0.4 is 15.0 Å². The molecular weight excluding hydrogens is 428 g/mol. The molecule has 0 unspecified atom stereocenters. The molecule has 7 nitrogen and oxygen atoms in total. The summed E-state index contributed by atoms with van der Waals surface area (Å²) in [7, 11) is 0. The molecule has 7 heteroatoms. The molecule has 1 aromatic carbocycles. The second kappa shape index (κ2) is 10.6. The Balaban J connectivity index is 1.73. The number of aromatic nitrogens is 2. The summed E-state index contributed by atoms with van der Waals surface area (Å²) in [5, 5.41) is 13.6. The van der Waals surface area contributed by atoms with Gasteiger partial charge in [-0.2, -0.15) is 0 Å². The van der Waals surface area contributed by atoms with Crippen LogP contribution in [-0.4, -0.2) is 40.2 Å². The first-order chi connectivity index (χ1) is 16.4. The first-order valence-electron chi connectivity index (χ1n) is 12.8. The van der Waals surface area contributed by atoms with Crippen LogP contribution in [0.15, 0.2) is 30.6 Å². The molecule has 184 valence electrons. The van der Waals surface area contributed by atoms with E-state index < -0.39 is 11.4 Å². The summed E-state index contributed by atoms with van der Waals surface area (Å²) in [5.74, 6) is -0.214. The third-order valence-corrected chi connectivity index (χ3v) is 7.23.